The van der Waals surface area contributed by atoms with Gasteiger partial charge in [0.15, 0.2) is 0 Å². The van der Waals surface area contributed by atoms with Crippen molar-refractivity contribution in [2.24, 2.45) is 11.8 Å². The van der Waals surface area contributed by atoms with Crippen molar-refractivity contribution in [3.8, 4) is 12.3 Å². The molecule has 0 bridgehead atoms. The first kappa shape index (κ1) is 17.1. The minimum Gasteiger partial charge on any atom is -0.350 e. The summed E-state index contributed by atoms with van der Waals surface area (Å²) >= 11 is 0. The molecule has 1 saturated carbocycles. The van der Waals surface area contributed by atoms with Crippen molar-refractivity contribution in [1.82, 2.24) is 5.32 Å². The van der Waals surface area contributed by atoms with Crippen LogP contribution in [0.2, 0.25) is 0 Å². The lowest BCUT2D eigenvalue weighted by Crippen LogP contribution is -2.34. The molecule has 2 rings (SSSR count). The number of nitrogens with one attached hydrogen (secondary N) is 1. The third-order valence-corrected chi connectivity index (χ3v) is 4.43. The summed E-state index contributed by atoms with van der Waals surface area (Å²) in [6.07, 6.45) is 14.1. The zero-order valence-corrected chi connectivity index (χ0v) is 14.1. The van der Waals surface area contributed by atoms with Crippen LogP contribution in [0.1, 0.15) is 44.2 Å². The van der Waals surface area contributed by atoms with E-state index in [4.69, 9.17) is 6.42 Å². The van der Waals surface area contributed by atoms with Crippen molar-refractivity contribution in [2.45, 2.75) is 39.2 Å². The maximum atomic E-state index is 11.7. The van der Waals surface area contributed by atoms with Crippen molar-refractivity contribution in [3.05, 3.63) is 59.7 Å². The van der Waals surface area contributed by atoms with Gasteiger partial charge in [0, 0.05) is 17.7 Å². The van der Waals surface area contributed by atoms with Crippen molar-refractivity contribution < 1.29 is 4.79 Å². The third kappa shape index (κ3) is 5.14. The average molecular weight is 307 g/mol. The van der Waals surface area contributed by atoms with Gasteiger partial charge in [-0.05, 0) is 48.8 Å². The van der Waals surface area contributed by atoms with Crippen LogP contribution in [0.4, 0.5) is 0 Å². The van der Waals surface area contributed by atoms with E-state index in [-0.39, 0.29) is 11.9 Å². The molecule has 1 aromatic carbocycles. The van der Waals surface area contributed by atoms with Gasteiger partial charge in [-0.1, -0.05) is 50.1 Å². The molecule has 1 fully saturated rings. The molecule has 1 amide bonds. The number of amides is 1. The topological polar surface area (TPSA) is 29.1 Å². The van der Waals surface area contributed by atoms with Gasteiger partial charge in [-0.2, -0.15) is 0 Å². The summed E-state index contributed by atoms with van der Waals surface area (Å²) in [7, 11) is 0. The lowest BCUT2D eigenvalue weighted by Gasteiger charge is -2.15. The van der Waals surface area contributed by atoms with Gasteiger partial charge in [0.2, 0.25) is 5.91 Å². The van der Waals surface area contributed by atoms with Crippen LogP contribution in [-0.4, -0.2) is 11.9 Å². The normalized spacial score (nSPS) is 21.5. The molecule has 1 aromatic rings. The highest BCUT2D eigenvalue weighted by Gasteiger charge is 2.35. The molecule has 1 aliphatic carbocycles. The molecule has 2 nitrogen and oxygen atoms in total. The summed E-state index contributed by atoms with van der Waals surface area (Å²) in [4.78, 5) is 11.7. The molecule has 0 aromatic heterocycles. The van der Waals surface area contributed by atoms with Crippen LogP contribution in [0, 0.1) is 24.2 Å². The molecule has 120 valence electrons. The Kier molecular flexibility index (Phi) is 5.82. The van der Waals surface area contributed by atoms with E-state index in [0.717, 1.165) is 12.0 Å². The largest absolute Gasteiger partial charge is 0.350 e. The van der Waals surface area contributed by atoms with Crippen molar-refractivity contribution in [3.63, 3.8) is 0 Å². The van der Waals surface area contributed by atoms with E-state index in [9.17, 15) is 4.79 Å². The molecular weight excluding hydrogens is 282 g/mol. The van der Waals surface area contributed by atoms with Crippen LogP contribution in [0.5, 0.6) is 0 Å². The van der Waals surface area contributed by atoms with E-state index in [2.05, 4.69) is 43.3 Å². The monoisotopic (exact) mass is 307 g/mol. The van der Waals surface area contributed by atoms with Crippen LogP contribution in [-0.2, 0) is 4.79 Å². The minimum atomic E-state index is -0.0342. The minimum absolute atomic E-state index is 0.0342. The molecule has 2 heteroatoms. The zero-order chi connectivity index (χ0) is 16.8. The fraction of sp³-hybridized carbons (Fsp3) is 0.381. The van der Waals surface area contributed by atoms with Crippen LogP contribution < -0.4 is 5.32 Å². The number of terminal acetylenes is 1. The maximum Gasteiger partial charge on any atom is 0.244 e. The van der Waals surface area contributed by atoms with Gasteiger partial charge in [-0.3, -0.25) is 4.79 Å². The predicted molar refractivity (Wildman–Crippen MR) is 95.9 cm³/mol. The predicted octanol–water partition coefficient (Wildman–Crippen LogP) is 4.04. The first-order valence-corrected chi connectivity index (χ1v) is 8.23. The van der Waals surface area contributed by atoms with Gasteiger partial charge in [-0.15, -0.1) is 6.42 Å². The van der Waals surface area contributed by atoms with Crippen LogP contribution >= 0.6 is 0 Å². The van der Waals surface area contributed by atoms with Gasteiger partial charge in [-0.25, -0.2) is 0 Å². The highest BCUT2D eigenvalue weighted by molar-refractivity contribution is 5.87. The summed E-state index contributed by atoms with van der Waals surface area (Å²) in [6.45, 7) is 6.21. The number of benzene rings is 1. The Bertz CT molecular complexity index is 631. The van der Waals surface area contributed by atoms with E-state index in [1.807, 2.05) is 31.2 Å². The Morgan fingerprint density at radius 2 is 1.96 bits per heavy atom. The van der Waals surface area contributed by atoms with Gasteiger partial charge >= 0.3 is 0 Å². The molecule has 0 spiro atoms. The van der Waals surface area contributed by atoms with Crippen molar-refractivity contribution >= 4 is 5.91 Å². The number of rotatable bonds is 6. The van der Waals surface area contributed by atoms with E-state index < -0.39 is 0 Å². The number of carbonyl (C=O) groups is 1. The Morgan fingerprint density at radius 1 is 1.26 bits per heavy atom. The van der Waals surface area contributed by atoms with E-state index in [1.54, 1.807) is 6.08 Å². The van der Waals surface area contributed by atoms with Crippen molar-refractivity contribution in [1.29, 1.82) is 0 Å². The Balaban J connectivity index is 1.78. The molecule has 0 saturated heterocycles. The maximum absolute atomic E-state index is 11.7. The molecule has 0 heterocycles. The van der Waals surface area contributed by atoms with Crippen LogP contribution in [0.15, 0.2) is 48.6 Å². The smallest absolute Gasteiger partial charge is 0.244 e. The molecule has 1 N–H and O–H groups in total. The van der Waals surface area contributed by atoms with E-state index in [1.165, 1.54) is 5.56 Å². The first-order chi connectivity index (χ1) is 11.0. The second-order valence-electron chi connectivity index (χ2n) is 6.56. The lowest BCUT2D eigenvalue weighted by molar-refractivity contribution is -0.117. The quantitative estimate of drug-likeness (QED) is 0.479. The van der Waals surface area contributed by atoms with Gasteiger partial charge in [0.05, 0.1) is 0 Å². The average Bonchev–Trinajstić information content (AvgIpc) is 3.31. The Labute approximate surface area is 139 Å². The highest BCUT2D eigenvalue weighted by Crippen LogP contribution is 2.48. The Hall–Kier alpha value is -2.27. The summed E-state index contributed by atoms with van der Waals surface area (Å²) in [6, 6.07) is 8.41. The number of allylic oxidation sites excluding steroid dienone is 3. The highest BCUT2D eigenvalue weighted by atomic mass is 16.1. The summed E-state index contributed by atoms with van der Waals surface area (Å²) in [5.41, 5.74) is 2.26. The van der Waals surface area contributed by atoms with E-state index >= 15 is 0 Å². The first-order valence-electron chi connectivity index (χ1n) is 8.23. The van der Waals surface area contributed by atoms with E-state index in [0.29, 0.717) is 17.8 Å². The molecule has 23 heavy (non-hydrogen) atoms. The molecule has 1 unspecified atom stereocenters. The fourth-order valence-electron chi connectivity index (χ4n) is 2.43. The molecule has 0 aliphatic heterocycles. The molecule has 1 aliphatic rings. The van der Waals surface area contributed by atoms with Gasteiger partial charge in [0.1, 0.15) is 0 Å². The lowest BCUT2D eigenvalue weighted by atomic mass is 10.1. The van der Waals surface area contributed by atoms with Gasteiger partial charge < -0.3 is 5.32 Å². The molecular formula is C21H25NO. The zero-order valence-electron chi connectivity index (χ0n) is 14.1. The second kappa shape index (κ2) is 7.83. The third-order valence-electron chi connectivity index (χ3n) is 4.43. The fourth-order valence-corrected chi connectivity index (χ4v) is 2.43. The summed E-state index contributed by atoms with van der Waals surface area (Å²) in [5.74, 6) is 4.19. The number of hydrogen-bond acceptors (Lipinski definition) is 1. The number of hydrogen-bond donors (Lipinski definition) is 1. The number of carbonyl (C=O) groups excluding carboxylic acids is 1. The molecule has 3 atom stereocenters. The van der Waals surface area contributed by atoms with Crippen LogP contribution in [0.3, 0.4) is 0 Å². The van der Waals surface area contributed by atoms with Crippen LogP contribution in [0.25, 0.3) is 0 Å². The van der Waals surface area contributed by atoms with Gasteiger partial charge in [0.25, 0.3) is 0 Å². The second-order valence-corrected chi connectivity index (χ2v) is 6.56. The summed E-state index contributed by atoms with van der Waals surface area (Å²) in [5, 5.41) is 2.95. The van der Waals surface area contributed by atoms with Crippen molar-refractivity contribution in [2.75, 3.05) is 0 Å². The SMILES string of the molecule is C#Cc1ccc([C@@H]2C[C@H]2C=CC=CC(=O)NC(C)C(C)C)cc1. The molecule has 0 radical (unpaired) electrons. The summed E-state index contributed by atoms with van der Waals surface area (Å²) < 4.78 is 0. The Morgan fingerprint density at radius 3 is 2.57 bits per heavy atom. The standard InChI is InChI=1S/C21H25NO/c1-5-17-10-12-18(13-11-17)20-14-19(20)8-6-7-9-21(23)22-16(4)15(2)3/h1,6-13,15-16,19-20H,14H2,2-4H3,(H,22,23)/t16?,19-,20+/m1/s1.